The molecule has 0 saturated heterocycles. The molecule has 4 aliphatic rings. The number of amides is 2. The lowest BCUT2D eigenvalue weighted by Crippen LogP contribution is -2.16. The van der Waals surface area contributed by atoms with Gasteiger partial charge in [-0.2, -0.15) is 0 Å². The second-order valence-corrected chi connectivity index (χ2v) is 8.83. The predicted molar refractivity (Wildman–Crippen MR) is 102 cm³/mol. The molecule has 2 amide bonds. The lowest BCUT2D eigenvalue weighted by molar-refractivity contribution is -0.118. The minimum absolute atomic E-state index is 0.181. The van der Waals surface area contributed by atoms with Gasteiger partial charge in [0.05, 0.1) is 0 Å². The topological polar surface area (TPSA) is 58.2 Å². The average molecular weight is 352 g/mol. The van der Waals surface area contributed by atoms with Crippen molar-refractivity contribution >= 4 is 23.2 Å². The third-order valence-corrected chi connectivity index (χ3v) is 7.34. The first-order valence-corrected chi connectivity index (χ1v) is 10.4. The normalized spacial score (nSPS) is 37.1. The number of carbonyl (C=O) groups is 2. The van der Waals surface area contributed by atoms with Crippen LogP contribution in [0.4, 0.5) is 11.4 Å². The van der Waals surface area contributed by atoms with E-state index in [-0.39, 0.29) is 23.7 Å². The van der Waals surface area contributed by atoms with Gasteiger partial charge in [-0.15, -0.1) is 0 Å². The average Bonchev–Trinajstić information content (AvgIpc) is 3.55. The Balaban J connectivity index is 1.15. The highest BCUT2D eigenvalue weighted by atomic mass is 16.2. The summed E-state index contributed by atoms with van der Waals surface area (Å²) in [4.78, 5) is 24.9. The third-order valence-electron chi connectivity index (χ3n) is 7.34. The van der Waals surface area contributed by atoms with Gasteiger partial charge in [0, 0.05) is 23.2 Å². The van der Waals surface area contributed by atoms with E-state index in [2.05, 4.69) is 10.6 Å². The van der Waals surface area contributed by atoms with Crippen molar-refractivity contribution < 1.29 is 9.59 Å². The zero-order valence-electron chi connectivity index (χ0n) is 15.2. The molecule has 0 bridgehead atoms. The highest BCUT2D eigenvalue weighted by Gasteiger charge is 2.55. The molecule has 138 valence electrons. The van der Waals surface area contributed by atoms with Crippen molar-refractivity contribution in [1.82, 2.24) is 0 Å². The number of anilines is 2. The van der Waals surface area contributed by atoms with E-state index >= 15 is 0 Å². The first-order chi connectivity index (χ1) is 12.7. The van der Waals surface area contributed by atoms with Gasteiger partial charge in [0.25, 0.3) is 0 Å². The lowest BCUT2D eigenvalue weighted by atomic mass is 10.0. The van der Waals surface area contributed by atoms with E-state index in [1.165, 1.54) is 51.4 Å². The molecule has 4 fully saturated rings. The summed E-state index contributed by atoms with van der Waals surface area (Å²) in [6, 6.07) is 7.61. The second-order valence-electron chi connectivity index (χ2n) is 8.83. The van der Waals surface area contributed by atoms with Crippen LogP contribution in [-0.4, -0.2) is 11.8 Å². The van der Waals surface area contributed by atoms with Crippen molar-refractivity contribution in [3.8, 4) is 0 Å². The van der Waals surface area contributed by atoms with Crippen LogP contribution in [0.3, 0.4) is 0 Å². The van der Waals surface area contributed by atoms with E-state index in [0.29, 0.717) is 23.7 Å². The Labute approximate surface area is 155 Å². The molecule has 0 spiro atoms. The first-order valence-electron chi connectivity index (χ1n) is 10.4. The van der Waals surface area contributed by atoms with Gasteiger partial charge in [0.15, 0.2) is 0 Å². The molecule has 0 heterocycles. The van der Waals surface area contributed by atoms with Gasteiger partial charge in [0.1, 0.15) is 0 Å². The minimum atomic E-state index is 0.181. The second kappa shape index (κ2) is 6.40. The number of hydrogen-bond donors (Lipinski definition) is 2. The first kappa shape index (κ1) is 16.3. The Morgan fingerprint density at radius 3 is 1.23 bits per heavy atom. The van der Waals surface area contributed by atoms with Gasteiger partial charge in [-0.1, -0.05) is 25.7 Å². The van der Waals surface area contributed by atoms with Gasteiger partial charge in [-0.3, -0.25) is 9.59 Å². The smallest absolute Gasteiger partial charge is 0.228 e. The van der Waals surface area contributed by atoms with Crippen LogP contribution in [0.2, 0.25) is 0 Å². The molecule has 4 saturated carbocycles. The van der Waals surface area contributed by atoms with Crippen molar-refractivity contribution in [2.45, 2.75) is 51.4 Å². The number of rotatable bonds is 4. The number of hydrogen-bond acceptors (Lipinski definition) is 2. The summed E-state index contributed by atoms with van der Waals surface area (Å²) < 4.78 is 0. The molecule has 0 aromatic heterocycles. The van der Waals surface area contributed by atoms with Crippen molar-refractivity contribution in [2.75, 3.05) is 10.6 Å². The summed E-state index contributed by atoms with van der Waals surface area (Å²) in [6.07, 6.45) is 10.00. The molecule has 0 aliphatic heterocycles. The molecule has 5 atom stereocenters. The molecular formula is C22H28N2O2. The maximum Gasteiger partial charge on any atom is 0.228 e. The van der Waals surface area contributed by atoms with Crippen LogP contribution in [-0.2, 0) is 9.59 Å². The molecule has 2 N–H and O–H groups in total. The number of carbonyl (C=O) groups excluding carboxylic acids is 2. The Morgan fingerprint density at radius 1 is 0.615 bits per heavy atom. The third kappa shape index (κ3) is 2.93. The quantitative estimate of drug-likeness (QED) is 0.842. The standard InChI is InChI=1S/C22H28N2O2/c25-21(19-15-5-1-2-6-16(15)19)23-13-9-11-14(12-10-13)24-22(26)20-17-7-3-4-8-18(17)20/h9-12,15-20H,1-8H2,(H,23,25)(H,24,26)/t15-,16-,17-,18+,20?/m0/s1. The molecule has 4 aliphatic carbocycles. The van der Waals surface area contributed by atoms with E-state index in [4.69, 9.17) is 0 Å². The number of fused-ring (bicyclic) bond motifs is 2. The van der Waals surface area contributed by atoms with Crippen LogP contribution >= 0.6 is 0 Å². The Hall–Kier alpha value is -1.84. The van der Waals surface area contributed by atoms with E-state index in [0.717, 1.165) is 11.4 Å². The van der Waals surface area contributed by atoms with Gasteiger partial charge in [-0.25, -0.2) is 0 Å². The van der Waals surface area contributed by atoms with Gasteiger partial charge >= 0.3 is 0 Å². The SMILES string of the molecule is O=C(Nc1ccc(NC(=O)C2[C@H]3CCCC[C@@H]23)cc1)C1[C@H]2CCCC[C@H]12. The summed E-state index contributed by atoms with van der Waals surface area (Å²) in [7, 11) is 0. The molecule has 4 heteroatoms. The lowest BCUT2D eigenvalue weighted by Gasteiger charge is -2.08. The molecule has 4 nitrogen and oxygen atoms in total. The molecule has 5 rings (SSSR count). The van der Waals surface area contributed by atoms with Gasteiger partial charge in [-0.05, 0) is 73.6 Å². The van der Waals surface area contributed by atoms with Crippen molar-refractivity contribution in [2.24, 2.45) is 35.5 Å². The molecule has 1 aromatic carbocycles. The van der Waals surface area contributed by atoms with E-state index in [1.54, 1.807) is 0 Å². The largest absolute Gasteiger partial charge is 0.326 e. The Kier molecular flexibility index (Phi) is 4.02. The Morgan fingerprint density at radius 2 is 0.923 bits per heavy atom. The zero-order valence-corrected chi connectivity index (χ0v) is 15.2. The highest BCUT2D eigenvalue weighted by Crippen LogP contribution is 2.56. The molecule has 1 unspecified atom stereocenters. The summed E-state index contributed by atoms with van der Waals surface area (Å²) in [5.41, 5.74) is 1.66. The molecule has 26 heavy (non-hydrogen) atoms. The maximum absolute atomic E-state index is 12.5. The zero-order chi connectivity index (χ0) is 17.7. The number of nitrogens with one attached hydrogen (secondary N) is 2. The summed E-state index contributed by atoms with van der Waals surface area (Å²) in [5.74, 6) is 3.34. The van der Waals surface area contributed by atoms with E-state index in [9.17, 15) is 9.59 Å². The van der Waals surface area contributed by atoms with Crippen molar-refractivity contribution in [3.05, 3.63) is 24.3 Å². The summed E-state index contributed by atoms with van der Waals surface area (Å²) >= 11 is 0. The Bertz CT molecular complexity index is 628. The van der Waals surface area contributed by atoms with Crippen LogP contribution in [0.15, 0.2) is 24.3 Å². The van der Waals surface area contributed by atoms with Crippen molar-refractivity contribution in [3.63, 3.8) is 0 Å². The minimum Gasteiger partial charge on any atom is -0.326 e. The summed E-state index contributed by atoms with van der Waals surface area (Å²) in [6.45, 7) is 0. The van der Waals surface area contributed by atoms with Gasteiger partial charge in [0.2, 0.25) is 11.8 Å². The van der Waals surface area contributed by atoms with Crippen LogP contribution < -0.4 is 10.6 Å². The van der Waals surface area contributed by atoms with Crippen LogP contribution in [0, 0.1) is 35.5 Å². The monoisotopic (exact) mass is 352 g/mol. The van der Waals surface area contributed by atoms with Gasteiger partial charge < -0.3 is 10.6 Å². The molecule has 0 radical (unpaired) electrons. The van der Waals surface area contributed by atoms with E-state index < -0.39 is 0 Å². The fourth-order valence-corrected chi connectivity index (χ4v) is 5.85. The van der Waals surface area contributed by atoms with Crippen LogP contribution in [0.5, 0.6) is 0 Å². The predicted octanol–water partition coefficient (Wildman–Crippen LogP) is 4.44. The fraction of sp³-hybridized carbons (Fsp3) is 0.636. The number of benzene rings is 1. The molecular weight excluding hydrogens is 324 g/mol. The molecule has 1 aromatic rings. The van der Waals surface area contributed by atoms with Crippen LogP contribution in [0.1, 0.15) is 51.4 Å². The highest BCUT2D eigenvalue weighted by molar-refractivity contribution is 5.96. The summed E-state index contributed by atoms with van der Waals surface area (Å²) in [5, 5.41) is 6.13. The van der Waals surface area contributed by atoms with Crippen molar-refractivity contribution in [1.29, 1.82) is 0 Å². The maximum atomic E-state index is 12.5. The van der Waals surface area contributed by atoms with Crippen LogP contribution in [0.25, 0.3) is 0 Å². The fourth-order valence-electron chi connectivity index (χ4n) is 5.85. The van der Waals surface area contributed by atoms with E-state index in [1.807, 2.05) is 24.3 Å².